The second-order valence-electron chi connectivity index (χ2n) is 5.56. The van der Waals surface area contributed by atoms with Crippen LogP contribution in [0.4, 0.5) is 0 Å². The Labute approximate surface area is 155 Å². The lowest BCUT2D eigenvalue weighted by molar-refractivity contribution is -0.121. The molecule has 0 saturated carbocycles. The van der Waals surface area contributed by atoms with Gasteiger partial charge in [-0.25, -0.2) is 0 Å². The summed E-state index contributed by atoms with van der Waals surface area (Å²) in [4.78, 5) is 25.9. The number of hydrazine groups is 1. The van der Waals surface area contributed by atoms with Crippen molar-refractivity contribution in [2.24, 2.45) is 0 Å². The molecule has 1 heterocycles. The molecule has 2 N–H and O–H groups in total. The van der Waals surface area contributed by atoms with Gasteiger partial charge in [-0.1, -0.05) is 48.5 Å². The largest absolute Gasteiger partial charge is 0.469 e. The summed E-state index contributed by atoms with van der Waals surface area (Å²) in [5.41, 5.74) is 6.21. The van der Waals surface area contributed by atoms with Crippen molar-refractivity contribution in [3.05, 3.63) is 89.9 Å². The summed E-state index contributed by atoms with van der Waals surface area (Å²) >= 11 is 1.42. The Morgan fingerprint density at radius 1 is 0.923 bits per heavy atom. The van der Waals surface area contributed by atoms with Gasteiger partial charge in [-0.05, 0) is 30.7 Å². The van der Waals surface area contributed by atoms with Crippen LogP contribution in [0.3, 0.4) is 0 Å². The van der Waals surface area contributed by atoms with Crippen molar-refractivity contribution in [3.63, 3.8) is 0 Å². The third-order valence-corrected chi connectivity index (χ3v) is 5.01. The molecule has 1 unspecified atom stereocenters. The fourth-order valence-corrected chi connectivity index (χ4v) is 3.45. The standard InChI is InChI=1S/C20H18N2O3S/c1-14-17(12-13-25-14)19(23)21-22-20(24)18(15-8-4-2-5-9-15)26-16-10-6-3-7-11-16/h2-13,18H,1H3,(H,21,23)(H,22,24). The molecule has 0 spiro atoms. The van der Waals surface area contributed by atoms with Crippen molar-refractivity contribution in [2.75, 3.05) is 0 Å². The first-order chi connectivity index (χ1) is 12.6. The van der Waals surface area contributed by atoms with Gasteiger partial charge in [0.25, 0.3) is 11.8 Å². The van der Waals surface area contributed by atoms with Crippen LogP contribution in [0.5, 0.6) is 0 Å². The SMILES string of the molecule is Cc1occc1C(=O)NNC(=O)C(Sc1ccccc1)c1ccccc1. The van der Waals surface area contributed by atoms with E-state index in [1.54, 1.807) is 13.0 Å². The van der Waals surface area contributed by atoms with Crippen molar-refractivity contribution in [1.29, 1.82) is 0 Å². The summed E-state index contributed by atoms with van der Waals surface area (Å²) in [6.07, 6.45) is 1.43. The Morgan fingerprint density at radius 3 is 2.19 bits per heavy atom. The minimum atomic E-state index is -0.496. The van der Waals surface area contributed by atoms with Crippen LogP contribution in [0.25, 0.3) is 0 Å². The molecule has 0 fully saturated rings. The second kappa shape index (κ2) is 8.40. The minimum absolute atomic E-state index is 0.306. The molecule has 0 bridgehead atoms. The Balaban J connectivity index is 1.72. The second-order valence-corrected chi connectivity index (χ2v) is 6.73. The molecule has 0 aliphatic carbocycles. The smallest absolute Gasteiger partial charge is 0.273 e. The van der Waals surface area contributed by atoms with E-state index in [-0.39, 0.29) is 5.91 Å². The number of furan rings is 1. The molecular formula is C20H18N2O3S. The van der Waals surface area contributed by atoms with Gasteiger partial charge in [0.2, 0.25) is 0 Å². The summed E-state index contributed by atoms with van der Waals surface area (Å²) in [6, 6.07) is 20.7. The van der Waals surface area contributed by atoms with E-state index in [9.17, 15) is 9.59 Å². The van der Waals surface area contributed by atoms with E-state index in [4.69, 9.17) is 4.42 Å². The number of thioether (sulfide) groups is 1. The average molecular weight is 366 g/mol. The Kier molecular flexibility index (Phi) is 5.76. The molecule has 5 nitrogen and oxygen atoms in total. The van der Waals surface area contributed by atoms with Crippen LogP contribution in [0.15, 0.2) is 82.3 Å². The fraction of sp³-hybridized carbons (Fsp3) is 0.100. The van der Waals surface area contributed by atoms with Gasteiger partial charge in [0.05, 0.1) is 11.8 Å². The first kappa shape index (κ1) is 17.8. The van der Waals surface area contributed by atoms with Crippen LogP contribution in [0.2, 0.25) is 0 Å². The molecule has 3 aromatic rings. The van der Waals surface area contributed by atoms with Gasteiger partial charge in [0, 0.05) is 4.90 Å². The predicted molar refractivity (Wildman–Crippen MR) is 101 cm³/mol. The molecule has 2 amide bonds. The fourth-order valence-electron chi connectivity index (χ4n) is 2.41. The normalized spacial score (nSPS) is 11.6. The maximum absolute atomic E-state index is 12.7. The van der Waals surface area contributed by atoms with Gasteiger partial charge in [-0.2, -0.15) is 0 Å². The van der Waals surface area contributed by atoms with Crippen molar-refractivity contribution in [2.45, 2.75) is 17.1 Å². The van der Waals surface area contributed by atoms with Gasteiger partial charge >= 0.3 is 0 Å². The monoisotopic (exact) mass is 366 g/mol. The van der Waals surface area contributed by atoms with Crippen molar-refractivity contribution < 1.29 is 14.0 Å². The molecule has 0 saturated heterocycles. The highest BCUT2D eigenvalue weighted by Gasteiger charge is 2.23. The number of amides is 2. The van der Waals surface area contributed by atoms with Crippen molar-refractivity contribution in [3.8, 4) is 0 Å². The molecule has 1 atom stereocenters. The first-order valence-corrected chi connectivity index (χ1v) is 8.94. The van der Waals surface area contributed by atoms with Crippen LogP contribution in [0, 0.1) is 6.92 Å². The van der Waals surface area contributed by atoms with Crippen LogP contribution < -0.4 is 10.9 Å². The highest BCUT2D eigenvalue weighted by molar-refractivity contribution is 8.00. The van der Waals surface area contributed by atoms with E-state index >= 15 is 0 Å². The number of rotatable bonds is 5. The highest BCUT2D eigenvalue weighted by Crippen LogP contribution is 2.35. The number of hydrogen-bond donors (Lipinski definition) is 2. The molecule has 0 aliphatic rings. The molecular weight excluding hydrogens is 348 g/mol. The summed E-state index contributed by atoms with van der Waals surface area (Å²) in [5.74, 6) is -0.226. The van der Waals surface area contributed by atoms with E-state index in [0.29, 0.717) is 11.3 Å². The van der Waals surface area contributed by atoms with Gasteiger partial charge in [0.15, 0.2) is 0 Å². The van der Waals surface area contributed by atoms with E-state index in [1.165, 1.54) is 18.0 Å². The molecule has 132 valence electrons. The van der Waals surface area contributed by atoms with Crippen LogP contribution in [-0.4, -0.2) is 11.8 Å². The Bertz CT molecular complexity index is 878. The average Bonchev–Trinajstić information content (AvgIpc) is 3.11. The zero-order valence-corrected chi connectivity index (χ0v) is 15.0. The lowest BCUT2D eigenvalue weighted by Gasteiger charge is -2.17. The zero-order chi connectivity index (χ0) is 18.4. The summed E-state index contributed by atoms with van der Waals surface area (Å²) in [7, 11) is 0. The maximum atomic E-state index is 12.7. The Hall–Kier alpha value is -2.99. The van der Waals surface area contributed by atoms with Gasteiger partial charge in [-0.3, -0.25) is 20.4 Å². The molecule has 6 heteroatoms. The summed E-state index contributed by atoms with van der Waals surface area (Å²) in [5, 5.41) is -0.496. The van der Waals surface area contributed by atoms with E-state index in [1.807, 2.05) is 60.7 Å². The number of hydrogen-bond acceptors (Lipinski definition) is 4. The minimum Gasteiger partial charge on any atom is -0.469 e. The molecule has 0 radical (unpaired) electrons. The van der Waals surface area contributed by atoms with E-state index in [2.05, 4.69) is 10.9 Å². The number of carbonyl (C=O) groups excluding carboxylic acids is 2. The number of aryl methyl sites for hydroxylation is 1. The topological polar surface area (TPSA) is 71.3 Å². The summed E-state index contributed by atoms with van der Waals surface area (Å²) in [6.45, 7) is 1.69. The molecule has 2 aromatic carbocycles. The molecule has 1 aromatic heterocycles. The number of nitrogens with one attached hydrogen (secondary N) is 2. The number of carbonyl (C=O) groups is 2. The van der Waals surface area contributed by atoms with Crippen molar-refractivity contribution >= 4 is 23.6 Å². The summed E-state index contributed by atoms with van der Waals surface area (Å²) < 4.78 is 5.11. The first-order valence-electron chi connectivity index (χ1n) is 8.06. The predicted octanol–water partition coefficient (Wildman–Crippen LogP) is 3.88. The molecule has 0 aliphatic heterocycles. The lowest BCUT2D eigenvalue weighted by atomic mass is 10.1. The third kappa shape index (κ3) is 4.34. The third-order valence-electron chi connectivity index (χ3n) is 3.74. The van der Waals surface area contributed by atoms with Crippen molar-refractivity contribution in [1.82, 2.24) is 10.9 Å². The maximum Gasteiger partial charge on any atom is 0.273 e. The quantitative estimate of drug-likeness (QED) is 0.531. The molecule has 26 heavy (non-hydrogen) atoms. The zero-order valence-electron chi connectivity index (χ0n) is 14.1. The van der Waals surface area contributed by atoms with Crippen LogP contribution >= 0.6 is 11.8 Å². The van der Waals surface area contributed by atoms with Gasteiger partial charge in [0.1, 0.15) is 11.0 Å². The lowest BCUT2D eigenvalue weighted by Crippen LogP contribution is -2.43. The van der Waals surface area contributed by atoms with Gasteiger partial charge in [-0.15, -0.1) is 11.8 Å². The van der Waals surface area contributed by atoms with Gasteiger partial charge < -0.3 is 4.42 Å². The Morgan fingerprint density at radius 2 is 1.58 bits per heavy atom. The van der Waals surface area contributed by atoms with Crippen LogP contribution in [0.1, 0.15) is 26.9 Å². The van der Waals surface area contributed by atoms with E-state index in [0.717, 1.165) is 10.5 Å². The number of benzene rings is 2. The molecule has 3 rings (SSSR count). The van der Waals surface area contributed by atoms with E-state index < -0.39 is 11.2 Å². The highest BCUT2D eigenvalue weighted by atomic mass is 32.2. The van der Waals surface area contributed by atoms with Crippen LogP contribution in [-0.2, 0) is 4.79 Å².